The van der Waals surface area contributed by atoms with Crippen molar-refractivity contribution < 1.29 is 14.3 Å². The van der Waals surface area contributed by atoms with Gasteiger partial charge < -0.3 is 5.11 Å². The minimum Gasteiger partial charge on any atom is -0.477 e. The summed E-state index contributed by atoms with van der Waals surface area (Å²) in [5, 5.41) is 8.77. The average molecular weight is 253 g/mol. The number of carbonyl (C=O) groups is 1. The predicted molar refractivity (Wildman–Crippen MR) is 59.4 cm³/mol. The molecule has 4 nitrogen and oxygen atoms in total. The molecule has 0 unspecified atom stereocenters. The van der Waals surface area contributed by atoms with Gasteiger partial charge in [0.2, 0.25) is 0 Å². The van der Waals surface area contributed by atoms with Crippen LogP contribution in [0.25, 0.3) is 11.3 Å². The number of aromatic carboxylic acids is 1. The van der Waals surface area contributed by atoms with E-state index in [0.717, 1.165) is 6.33 Å². The number of aromatic nitrogens is 2. The molecule has 0 saturated heterocycles. The lowest BCUT2D eigenvalue weighted by molar-refractivity contribution is 0.0690. The molecule has 1 aromatic carbocycles. The number of carboxylic acids is 1. The molecule has 1 N–H and O–H groups in total. The molecule has 17 heavy (non-hydrogen) atoms. The summed E-state index contributed by atoms with van der Waals surface area (Å²) in [7, 11) is 0. The van der Waals surface area contributed by atoms with E-state index < -0.39 is 11.8 Å². The monoisotopic (exact) mass is 252 g/mol. The molecule has 1 aromatic heterocycles. The SMILES string of the molecule is O=C(O)c1cc(-c2ccc(Cl)c(F)c2)ncn1. The highest BCUT2D eigenvalue weighted by atomic mass is 35.5. The van der Waals surface area contributed by atoms with Crippen molar-refractivity contribution in [2.75, 3.05) is 0 Å². The third-order valence-corrected chi connectivity index (χ3v) is 2.41. The van der Waals surface area contributed by atoms with Crippen molar-refractivity contribution in [1.82, 2.24) is 9.97 Å². The predicted octanol–water partition coefficient (Wildman–Crippen LogP) is 2.63. The van der Waals surface area contributed by atoms with E-state index >= 15 is 0 Å². The molecule has 0 spiro atoms. The maximum absolute atomic E-state index is 13.2. The Bertz CT molecular complexity index is 589. The van der Waals surface area contributed by atoms with Crippen LogP contribution in [0.3, 0.4) is 0 Å². The molecule has 0 amide bonds. The molecule has 1 heterocycles. The quantitative estimate of drug-likeness (QED) is 0.892. The summed E-state index contributed by atoms with van der Waals surface area (Å²) in [6, 6.07) is 5.40. The Morgan fingerprint density at radius 2 is 2.06 bits per heavy atom. The highest BCUT2D eigenvalue weighted by Gasteiger charge is 2.09. The zero-order valence-electron chi connectivity index (χ0n) is 8.39. The number of hydrogen-bond acceptors (Lipinski definition) is 3. The molecular formula is C11H6ClFN2O2. The van der Waals surface area contributed by atoms with Crippen molar-refractivity contribution in [3.8, 4) is 11.3 Å². The fourth-order valence-electron chi connectivity index (χ4n) is 1.29. The summed E-state index contributed by atoms with van der Waals surface area (Å²) in [5.41, 5.74) is 0.620. The van der Waals surface area contributed by atoms with E-state index in [-0.39, 0.29) is 10.7 Å². The number of nitrogens with zero attached hydrogens (tertiary/aromatic N) is 2. The van der Waals surface area contributed by atoms with Crippen LogP contribution in [0.1, 0.15) is 10.5 Å². The summed E-state index contributed by atoms with van der Waals surface area (Å²) < 4.78 is 13.2. The normalized spacial score (nSPS) is 10.2. The largest absolute Gasteiger partial charge is 0.477 e. The fourth-order valence-corrected chi connectivity index (χ4v) is 1.41. The van der Waals surface area contributed by atoms with E-state index in [1.54, 1.807) is 6.07 Å². The molecule has 0 fully saturated rings. The summed E-state index contributed by atoms with van der Waals surface area (Å²) in [6.07, 6.45) is 1.12. The van der Waals surface area contributed by atoms with Gasteiger partial charge in [0.05, 0.1) is 10.7 Å². The van der Waals surface area contributed by atoms with Gasteiger partial charge in [0, 0.05) is 5.56 Å². The molecule has 0 radical (unpaired) electrons. The second-order valence-corrected chi connectivity index (χ2v) is 3.63. The van der Waals surface area contributed by atoms with Crippen LogP contribution >= 0.6 is 11.6 Å². The molecule has 0 atom stereocenters. The van der Waals surface area contributed by atoms with Gasteiger partial charge in [0.1, 0.15) is 12.1 Å². The third kappa shape index (κ3) is 2.39. The summed E-state index contributed by atoms with van der Waals surface area (Å²) in [5.74, 6) is -1.75. The van der Waals surface area contributed by atoms with Gasteiger partial charge in [-0.25, -0.2) is 19.2 Å². The molecule has 0 aliphatic carbocycles. The lowest BCUT2D eigenvalue weighted by Crippen LogP contribution is -2.01. The van der Waals surface area contributed by atoms with Crippen molar-refractivity contribution in [1.29, 1.82) is 0 Å². The van der Waals surface area contributed by atoms with Crippen LogP contribution in [0.15, 0.2) is 30.6 Å². The number of rotatable bonds is 2. The Morgan fingerprint density at radius 1 is 1.29 bits per heavy atom. The van der Waals surface area contributed by atoms with E-state index in [1.807, 2.05) is 0 Å². The highest BCUT2D eigenvalue weighted by molar-refractivity contribution is 6.30. The van der Waals surface area contributed by atoms with Crippen LogP contribution in [0.5, 0.6) is 0 Å². The summed E-state index contributed by atoms with van der Waals surface area (Å²) >= 11 is 5.55. The van der Waals surface area contributed by atoms with Gasteiger partial charge in [-0.1, -0.05) is 17.7 Å². The molecule has 86 valence electrons. The average Bonchev–Trinajstić information content (AvgIpc) is 2.33. The van der Waals surface area contributed by atoms with Crippen LogP contribution in [0.4, 0.5) is 4.39 Å². The number of hydrogen-bond donors (Lipinski definition) is 1. The molecule has 0 bridgehead atoms. The van der Waals surface area contributed by atoms with Crippen LogP contribution in [-0.2, 0) is 0 Å². The molecule has 0 aliphatic heterocycles. The van der Waals surface area contributed by atoms with E-state index in [2.05, 4.69) is 9.97 Å². The van der Waals surface area contributed by atoms with Gasteiger partial charge in [0.25, 0.3) is 0 Å². The van der Waals surface area contributed by atoms with Crippen molar-refractivity contribution in [3.05, 3.63) is 47.1 Å². The van der Waals surface area contributed by atoms with Gasteiger partial charge in [-0.05, 0) is 18.2 Å². The molecule has 0 aliphatic rings. The van der Waals surface area contributed by atoms with Crippen molar-refractivity contribution in [2.24, 2.45) is 0 Å². The lowest BCUT2D eigenvalue weighted by atomic mass is 10.1. The topological polar surface area (TPSA) is 63.1 Å². The van der Waals surface area contributed by atoms with Crippen molar-refractivity contribution >= 4 is 17.6 Å². The summed E-state index contributed by atoms with van der Waals surface area (Å²) in [6.45, 7) is 0. The molecule has 2 aromatic rings. The van der Waals surface area contributed by atoms with E-state index in [4.69, 9.17) is 16.7 Å². The molecular weight excluding hydrogens is 247 g/mol. The smallest absolute Gasteiger partial charge is 0.354 e. The first-order valence-electron chi connectivity index (χ1n) is 4.58. The van der Waals surface area contributed by atoms with E-state index in [0.29, 0.717) is 11.3 Å². The van der Waals surface area contributed by atoms with E-state index in [9.17, 15) is 9.18 Å². The third-order valence-electron chi connectivity index (χ3n) is 2.10. The fraction of sp³-hybridized carbons (Fsp3) is 0. The minimum absolute atomic E-state index is 0.00117. The van der Waals surface area contributed by atoms with Gasteiger partial charge in [-0.2, -0.15) is 0 Å². The first-order chi connectivity index (χ1) is 8.08. The zero-order valence-corrected chi connectivity index (χ0v) is 9.15. The number of carboxylic acid groups (broad SMARTS) is 1. The minimum atomic E-state index is -1.16. The molecule has 0 saturated carbocycles. The van der Waals surface area contributed by atoms with Crippen molar-refractivity contribution in [3.63, 3.8) is 0 Å². The van der Waals surface area contributed by atoms with Crippen LogP contribution < -0.4 is 0 Å². The molecule has 6 heteroatoms. The van der Waals surface area contributed by atoms with Crippen LogP contribution in [0, 0.1) is 5.82 Å². The second kappa shape index (κ2) is 4.47. The first-order valence-corrected chi connectivity index (χ1v) is 4.96. The molecule has 2 rings (SSSR count). The standard InChI is InChI=1S/C11H6ClFN2O2/c12-7-2-1-6(3-8(7)13)9-4-10(11(16)17)15-5-14-9/h1-5H,(H,16,17). The maximum Gasteiger partial charge on any atom is 0.354 e. The highest BCUT2D eigenvalue weighted by Crippen LogP contribution is 2.22. The number of halogens is 2. The van der Waals surface area contributed by atoms with E-state index in [1.165, 1.54) is 18.2 Å². The lowest BCUT2D eigenvalue weighted by Gasteiger charge is -2.02. The first kappa shape index (κ1) is 11.5. The van der Waals surface area contributed by atoms with Crippen molar-refractivity contribution in [2.45, 2.75) is 0 Å². The maximum atomic E-state index is 13.2. The van der Waals surface area contributed by atoms with Gasteiger partial charge in [-0.15, -0.1) is 0 Å². The second-order valence-electron chi connectivity index (χ2n) is 3.22. The Hall–Kier alpha value is -2.01. The van der Waals surface area contributed by atoms with Gasteiger partial charge >= 0.3 is 5.97 Å². The zero-order chi connectivity index (χ0) is 12.4. The number of benzene rings is 1. The Morgan fingerprint density at radius 3 is 2.71 bits per heavy atom. The summed E-state index contributed by atoms with van der Waals surface area (Å²) in [4.78, 5) is 18.2. The van der Waals surface area contributed by atoms with Crippen LogP contribution in [0.2, 0.25) is 5.02 Å². The Balaban J connectivity index is 2.49. The Kier molecular flexibility index (Phi) is 3.01. The van der Waals surface area contributed by atoms with Gasteiger partial charge in [-0.3, -0.25) is 0 Å². The van der Waals surface area contributed by atoms with Crippen LogP contribution in [-0.4, -0.2) is 21.0 Å². The van der Waals surface area contributed by atoms with Gasteiger partial charge in [0.15, 0.2) is 5.69 Å². The Labute approximate surface area is 101 Å².